The number of sulfonamides is 1. The number of nitrogens with zero attached hydrogens (tertiary/aromatic N) is 1. The van der Waals surface area contributed by atoms with E-state index in [0.717, 1.165) is 29.3 Å². The van der Waals surface area contributed by atoms with Gasteiger partial charge in [-0.15, -0.1) is 0 Å². The largest absolute Gasteiger partial charge is 0.417 e. The molecule has 1 aliphatic carbocycles. The van der Waals surface area contributed by atoms with Crippen LogP contribution in [-0.4, -0.2) is 49.6 Å². The van der Waals surface area contributed by atoms with E-state index in [1.54, 1.807) is 0 Å². The number of nitrogens with one attached hydrogen (secondary N) is 3. The average Bonchev–Trinajstić information content (AvgIpc) is 3.55. The predicted octanol–water partition coefficient (Wildman–Crippen LogP) is 1.19. The number of hydrogen-bond acceptors (Lipinski definition) is 5. The first-order valence-corrected chi connectivity index (χ1v) is 11.5. The van der Waals surface area contributed by atoms with Crippen molar-refractivity contribution in [1.29, 1.82) is 0 Å². The zero-order chi connectivity index (χ0) is 23.7. The molecule has 14 heteroatoms. The molecule has 0 atom stereocenters. The Labute approximate surface area is 186 Å². The van der Waals surface area contributed by atoms with Crippen LogP contribution in [-0.2, 0) is 30.6 Å². The van der Waals surface area contributed by atoms with E-state index in [9.17, 15) is 36.0 Å². The molecule has 1 heterocycles. The Kier molecular flexibility index (Phi) is 7.00. The Bertz CT molecular complexity index is 1020. The molecule has 1 aromatic rings. The third-order valence-corrected chi connectivity index (χ3v) is 7.35. The van der Waals surface area contributed by atoms with Crippen molar-refractivity contribution < 1.29 is 36.0 Å². The van der Waals surface area contributed by atoms with Crippen molar-refractivity contribution in [2.45, 2.75) is 42.8 Å². The number of hydrogen-bond donors (Lipinski definition) is 3. The Morgan fingerprint density at radius 1 is 1.00 bits per heavy atom. The lowest BCUT2D eigenvalue weighted by Gasteiger charge is -2.30. The first-order valence-electron chi connectivity index (χ1n) is 9.67. The summed E-state index contributed by atoms with van der Waals surface area (Å²) in [5, 5.41) is 1.85. The summed E-state index contributed by atoms with van der Waals surface area (Å²) in [6.45, 7) is -0.221. The lowest BCUT2D eigenvalue weighted by Crippen LogP contribution is -2.51. The molecule has 0 unspecified atom stereocenters. The van der Waals surface area contributed by atoms with Crippen LogP contribution in [0.5, 0.6) is 0 Å². The third-order valence-electron chi connectivity index (χ3n) is 5.12. The van der Waals surface area contributed by atoms with E-state index in [4.69, 9.17) is 11.6 Å². The first-order chi connectivity index (χ1) is 14.9. The summed E-state index contributed by atoms with van der Waals surface area (Å²) >= 11 is 5.54. The highest BCUT2D eigenvalue weighted by atomic mass is 35.5. The summed E-state index contributed by atoms with van der Waals surface area (Å²) in [5.41, 5.74) is 2.89. The van der Waals surface area contributed by atoms with Crippen LogP contribution in [0.25, 0.3) is 0 Å². The minimum atomic E-state index is -4.81. The van der Waals surface area contributed by atoms with Gasteiger partial charge in [0.1, 0.15) is 0 Å². The smallest absolute Gasteiger partial charge is 0.345 e. The van der Waals surface area contributed by atoms with Crippen molar-refractivity contribution in [1.82, 2.24) is 20.5 Å². The fraction of sp³-hybridized carbons (Fsp3) is 0.500. The molecular weight excluding hydrogens is 477 g/mol. The minimum Gasteiger partial charge on any atom is -0.345 e. The summed E-state index contributed by atoms with van der Waals surface area (Å²) in [7, 11) is -4.23. The van der Waals surface area contributed by atoms with Gasteiger partial charge in [0, 0.05) is 25.0 Å². The minimum absolute atomic E-state index is 0.0249. The molecule has 0 aromatic heterocycles. The van der Waals surface area contributed by atoms with Crippen molar-refractivity contribution in [2.75, 3.05) is 13.1 Å². The van der Waals surface area contributed by atoms with E-state index in [1.807, 2.05) is 5.43 Å². The lowest BCUT2D eigenvalue weighted by atomic mass is 9.98. The summed E-state index contributed by atoms with van der Waals surface area (Å²) in [6, 6.07) is 2.33. The molecule has 3 rings (SSSR count). The molecule has 0 radical (unpaired) electrons. The van der Waals surface area contributed by atoms with Crippen molar-refractivity contribution in [2.24, 2.45) is 5.92 Å². The topological polar surface area (TPSA) is 125 Å². The summed E-state index contributed by atoms with van der Waals surface area (Å²) in [6.07, 6.45) is -3.07. The van der Waals surface area contributed by atoms with E-state index in [-0.39, 0.29) is 32.0 Å². The Balaban J connectivity index is 1.56. The number of amides is 3. The van der Waals surface area contributed by atoms with E-state index < -0.39 is 55.3 Å². The van der Waals surface area contributed by atoms with Crippen molar-refractivity contribution >= 4 is 39.3 Å². The summed E-state index contributed by atoms with van der Waals surface area (Å²) < 4.78 is 65.6. The van der Waals surface area contributed by atoms with Crippen LogP contribution in [0.15, 0.2) is 23.1 Å². The number of alkyl halides is 3. The van der Waals surface area contributed by atoms with E-state index in [0.29, 0.717) is 6.07 Å². The van der Waals surface area contributed by atoms with Crippen LogP contribution in [0.4, 0.5) is 13.2 Å². The molecule has 0 spiro atoms. The molecule has 2 fully saturated rings. The number of benzene rings is 1. The first kappa shape index (κ1) is 24.3. The third kappa shape index (κ3) is 5.70. The second-order valence-corrected chi connectivity index (χ2v) is 9.85. The SMILES string of the molecule is O=C(NNC(=O)C1CCN(S(=O)(=O)c2ccc(Cl)c(C(F)(F)F)c2)CC1)C(=O)NC1CC1. The van der Waals surface area contributed by atoms with Gasteiger partial charge in [0.25, 0.3) is 0 Å². The van der Waals surface area contributed by atoms with Gasteiger partial charge in [0.2, 0.25) is 15.9 Å². The van der Waals surface area contributed by atoms with Crippen molar-refractivity contribution in [3.05, 3.63) is 28.8 Å². The zero-order valence-electron chi connectivity index (χ0n) is 16.5. The van der Waals surface area contributed by atoms with E-state index in [1.165, 1.54) is 0 Å². The fourth-order valence-corrected chi connectivity index (χ4v) is 4.87. The molecular formula is C18H20ClF3N4O5S. The number of halogens is 4. The van der Waals surface area contributed by atoms with Gasteiger partial charge in [-0.3, -0.25) is 25.2 Å². The van der Waals surface area contributed by atoms with Gasteiger partial charge < -0.3 is 5.32 Å². The quantitative estimate of drug-likeness (QED) is 0.426. The number of piperidine rings is 1. The van der Waals surface area contributed by atoms with Crippen LogP contribution < -0.4 is 16.2 Å². The number of carbonyl (C=O) groups is 3. The maximum atomic E-state index is 13.1. The van der Waals surface area contributed by atoms with Crippen LogP contribution in [0, 0.1) is 5.92 Å². The highest BCUT2D eigenvalue weighted by molar-refractivity contribution is 7.89. The molecule has 3 N–H and O–H groups in total. The maximum absolute atomic E-state index is 13.1. The van der Waals surface area contributed by atoms with E-state index in [2.05, 4.69) is 10.7 Å². The molecule has 0 bridgehead atoms. The van der Waals surface area contributed by atoms with E-state index >= 15 is 0 Å². The second-order valence-electron chi connectivity index (χ2n) is 7.51. The normalized spacial score (nSPS) is 18.1. The van der Waals surface area contributed by atoms with Crippen LogP contribution in [0.2, 0.25) is 5.02 Å². The molecule has 1 saturated carbocycles. The molecule has 1 saturated heterocycles. The van der Waals surface area contributed by atoms with Gasteiger partial charge in [0.15, 0.2) is 0 Å². The lowest BCUT2D eigenvalue weighted by molar-refractivity contribution is -0.141. The molecule has 2 aliphatic rings. The zero-order valence-corrected chi connectivity index (χ0v) is 18.1. The fourth-order valence-electron chi connectivity index (χ4n) is 3.15. The summed E-state index contributed by atoms with van der Waals surface area (Å²) in [5.74, 6) is -3.13. The molecule has 1 aliphatic heterocycles. The van der Waals surface area contributed by atoms with Gasteiger partial charge in [-0.25, -0.2) is 8.42 Å². The van der Waals surface area contributed by atoms with Crippen LogP contribution in [0.3, 0.4) is 0 Å². The molecule has 32 heavy (non-hydrogen) atoms. The maximum Gasteiger partial charge on any atom is 0.417 e. The molecule has 1 aromatic carbocycles. The monoisotopic (exact) mass is 496 g/mol. The van der Waals surface area contributed by atoms with Gasteiger partial charge in [-0.05, 0) is 43.9 Å². The summed E-state index contributed by atoms with van der Waals surface area (Å²) in [4.78, 5) is 34.9. The molecule has 9 nitrogen and oxygen atoms in total. The van der Waals surface area contributed by atoms with Gasteiger partial charge in [0.05, 0.1) is 15.5 Å². The number of rotatable bonds is 4. The molecule has 3 amide bonds. The highest BCUT2D eigenvalue weighted by Gasteiger charge is 2.37. The number of carbonyl (C=O) groups excluding carboxylic acids is 3. The second kappa shape index (κ2) is 9.24. The van der Waals surface area contributed by atoms with Gasteiger partial charge in [-0.1, -0.05) is 11.6 Å². The standard InChI is InChI=1S/C18H20ClF3N4O5S/c19-14-4-3-12(9-13(14)18(20,21)22)32(30,31)26-7-5-10(6-8-26)15(27)24-25-17(29)16(28)23-11-1-2-11/h3-4,9-11H,1-2,5-8H2,(H,23,28)(H,24,27)(H,25,29). The Morgan fingerprint density at radius 3 is 2.19 bits per heavy atom. The average molecular weight is 497 g/mol. The van der Waals surface area contributed by atoms with Gasteiger partial charge >= 0.3 is 18.0 Å². The van der Waals surface area contributed by atoms with Crippen LogP contribution >= 0.6 is 11.6 Å². The Hall–Kier alpha value is -2.38. The van der Waals surface area contributed by atoms with Gasteiger partial charge in [-0.2, -0.15) is 17.5 Å². The van der Waals surface area contributed by atoms with Crippen LogP contribution in [0.1, 0.15) is 31.2 Å². The van der Waals surface area contributed by atoms with Crippen molar-refractivity contribution in [3.8, 4) is 0 Å². The molecule has 176 valence electrons. The number of hydrazine groups is 1. The predicted molar refractivity (Wildman–Crippen MR) is 105 cm³/mol. The van der Waals surface area contributed by atoms with Crippen molar-refractivity contribution in [3.63, 3.8) is 0 Å². The highest BCUT2D eigenvalue weighted by Crippen LogP contribution is 2.36. The Morgan fingerprint density at radius 2 is 1.62 bits per heavy atom.